The van der Waals surface area contributed by atoms with Gasteiger partial charge in [0.1, 0.15) is 0 Å². The molecule has 1 fully saturated rings. The van der Waals surface area contributed by atoms with Crippen LogP contribution in [0.2, 0.25) is 0 Å². The van der Waals surface area contributed by atoms with Crippen LogP contribution in [0.4, 0.5) is 0 Å². The van der Waals surface area contributed by atoms with Crippen LogP contribution in [-0.2, 0) is 0 Å². The molecule has 2 heteroatoms. The SMILES string of the molecule is C/C=C\C1CCNCC1N.CC. The third-order valence-electron chi connectivity index (χ3n) is 2.02. The Kier molecular flexibility index (Phi) is 7.11. The second-order valence-electron chi connectivity index (χ2n) is 2.85. The lowest BCUT2D eigenvalue weighted by Gasteiger charge is -2.26. The molecule has 0 bridgehead atoms. The van der Waals surface area contributed by atoms with Crippen molar-refractivity contribution in [2.24, 2.45) is 11.7 Å². The van der Waals surface area contributed by atoms with Crippen LogP contribution in [0.5, 0.6) is 0 Å². The lowest BCUT2D eigenvalue weighted by molar-refractivity contribution is 0.379. The smallest absolute Gasteiger partial charge is 0.0229 e. The molecule has 1 rings (SSSR count). The molecule has 0 aromatic carbocycles. The third kappa shape index (κ3) is 3.88. The predicted molar refractivity (Wildman–Crippen MR) is 55.1 cm³/mol. The third-order valence-corrected chi connectivity index (χ3v) is 2.02. The number of rotatable bonds is 1. The fourth-order valence-electron chi connectivity index (χ4n) is 1.39. The molecule has 0 aliphatic carbocycles. The summed E-state index contributed by atoms with van der Waals surface area (Å²) in [5.74, 6) is 0.603. The summed E-state index contributed by atoms with van der Waals surface area (Å²) < 4.78 is 0. The summed E-state index contributed by atoms with van der Waals surface area (Å²) in [6, 6.07) is 0.324. The van der Waals surface area contributed by atoms with Crippen LogP contribution in [-0.4, -0.2) is 19.1 Å². The fraction of sp³-hybridized carbons (Fsp3) is 0.800. The largest absolute Gasteiger partial charge is 0.326 e. The van der Waals surface area contributed by atoms with Gasteiger partial charge in [-0.25, -0.2) is 0 Å². The maximum atomic E-state index is 5.85. The molecule has 2 atom stereocenters. The minimum absolute atomic E-state index is 0.324. The molecular formula is C10H22N2. The molecule has 0 aromatic heterocycles. The highest BCUT2D eigenvalue weighted by Crippen LogP contribution is 2.11. The zero-order chi connectivity index (χ0) is 9.40. The van der Waals surface area contributed by atoms with Gasteiger partial charge in [0.05, 0.1) is 0 Å². The molecule has 12 heavy (non-hydrogen) atoms. The van der Waals surface area contributed by atoms with Gasteiger partial charge in [-0.05, 0) is 25.8 Å². The van der Waals surface area contributed by atoms with Crippen molar-refractivity contribution in [2.75, 3.05) is 13.1 Å². The molecule has 0 amide bonds. The highest BCUT2D eigenvalue weighted by Gasteiger charge is 2.17. The highest BCUT2D eigenvalue weighted by molar-refractivity contribution is 4.94. The Morgan fingerprint density at radius 2 is 2.08 bits per heavy atom. The van der Waals surface area contributed by atoms with Crippen molar-refractivity contribution >= 4 is 0 Å². The van der Waals surface area contributed by atoms with Gasteiger partial charge in [-0.15, -0.1) is 0 Å². The normalized spacial score (nSPS) is 29.7. The fourth-order valence-corrected chi connectivity index (χ4v) is 1.39. The Labute approximate surface area is 76.2 Å². The van der Waals surface area contributed by atoms with E-state index >= 15 is 0 Å². The Bertz CT molecular complexity index is 121. The first-order valence-corrected chi connectivity index (χ1v) is 4.93. The van der Waals surface area contributed by atoms with E-state index in [1.165, 1.54) is 6.42 Å². The lowest BCUT2D eigenvalue weighted by Crippen LogP contribution is -2.45. The quantitative estimate of drug-likeness (QED) is 0.586. The Morgan fingerprint density at radius 3 is 2.58 bits per heavy atom. The summed E-state index contributed by atoms with van der Waals surface area (Å²) in [6.45, 7) is 8.13. The van der Waals surface area contributed by atoms with Gasteiger partial charge in [-0.1, -0.05) is 26.0 Å². The second kappa shape index (κ2) is 7.32. The molecule has 1 aliphatic rings. The summed E-state index contributed by atoms with van der Waals surface area (Å²) in [4.78, 5) is 0. The molecule has 0 saturated carbocycles. The highest BCUT2D eigenvalue weighted by atomic mass is 14.9. The summed E-state index contributed by atoms with van der Waals surface area (Å²) in [7, 11) is 0. The van der Waals surface area contributed by atoms with E-state index in [1.54, 1.807) is 0 Å². The molecule has 0 spiro atoms. The first-order chi connectivity index (χ1) is 5.84. The Balaban J connectivity index is 0.000000561. The van der Waals surface area contributed by atoms with Gasteiger partial charge in [0.2, 0.25) is 0 Å². The van der Waals surface area contributed by atoms with Crippen LogP contribution in [0.25, 0.3) is 0 Å². The van der Waals surface area contributed by atoms with Gasteiger partial charge in [0, 0.05) is 12.6 Å². The molecule has 1 saturated heterocycles. The zero-order valence-electron chi connectivity index (χ0n) is 8.51. The van der Waals surface area contributed by atoms with Gasteiger partial charge in [-0.3, -0.25) is 0 Å². The maximum absolute atomic E-state index is 5.85. The molecule has 72 valence electrons. The average Bonchev–Trinajstić information content (AvgIpc) is 2.13. The zero-order valence-corrected chi connectivity index (χ0v) is 8.51. The summed E-state index contributed by atoms with van der Waals surface area (Å²) in [6.07, 6.45) is 5.49. The standard InChI is InChI=1S/C8H16N2.C2H6/c1-2-3-7-4-5-10-6-8(7)9;1-2/h2-3,7-8,10H,4-6,9H2,1H3;1-2H3/b3-2-;. The minimum Gasteiger partial charge on any atom is -0.326 e. The van der Waals surface area contributed by atoms with Crippen LogP contribution in [0.3, 0.4) is 0 Å². The van der Waals surface area contributed by atoms with Crippen molar-refractivity contribution in [2.45, 2.75) is 33.2 Å². The minimum atomic E-state index is 0.324. The van der Waals surface area contributed by atoms with Gasteiger partial charge < -0.3 is 11.1 Å². The molecule has 1 aliphatic heterocycles. The van der Waals surface area contributed by atoms with Crippen LogP contribution >= 0.6 is 0 Å². The molecule has 3 N–H and O–H groups in total. The van der Waals surface area contributed by atoms with E-state index in [2.05, 4.69) is 24.4 Å². The van der Waals surface area contributed by atoms with Gasteiger partial charge >= 0.3 is 0 Å². The molecule has 2 unspecified atom stereocenters. The van der Waals surface area contributed by atoms with Gasteiger partial charge in [0.15, 0.2) is 0 Å². The summed E-state index contributed by atoms with van der Waals surface area (Å²) in [5, 5.41) is 3.26. The Hall–Kier alpha value is -0.340. The van der Waals surface area contributed by atoms with Crippen LogP contribution in [0, 0.1) is 5.92 Å². The van der Waals surface area contributed by atoms with E-state index in [4.69, 9.17) is 5.73 Å². The molecule has 2 nitrogen and oxygen atoms in total. The lowest BCUT2D eigenvalue weighted by atomic mass is 9.93. The summed E-state index contributed by atoms with van der Waals surface area (Å²) >= 11 is 0. The number of piperidine rings is 1. The van der Waals surface area contributed by atoms with Gasteiger partial charge in [0.25, 0.3) is 0 Å². The molecule has 0 radical (unpaired) electrons. The molecule has 0 aromatic rings. The van der Waals surface area contributed by atoms with Crippen molar-refractivity contribution in [1.82, 2.24) is 5.32 Å². The Morgan fingerprint density at radius 1 is 1.42 bits per heavy atom. The topological polar surface area (TPSA) is 38.0 Å². The van der Waals surface area contributed by atoms with Crippen LogP contribution < -0.4 is 11.1 Å². The van der Waals surface area contributed by atoms with Crippen LogP contribution in [0.1, 0.15) is 27.2 Å². The second-order valence-corrected chi connectivity index (χ2v) is 2.85. The average molecular weight is 170 g/mol. The van der Waals surface area contributed by atoms with Crippen molar-refractivity contribution in [3.63, 3.8) is 0 Å². The van der Waals surface area contributed by atoms with Gasteiger partial charge in [-0.2, -0.15) is 0 Å². The van der Waals surface area contributed by atoms with E-state index in [1.807, 2.05) is 13.8 Å². The summed E-state index contributed by atoms with van der Waals surface area (Å²) in [5.41, 5.74) is 5.85. The number of allylic oxidation sites excluding steroid dienone is 1. The monoisotopic (exact) mass is 170 g/mol. The van der Waals surface area contributed by atoms with Crippen molar-refractivity contribution in [1.29, 1.82) is 0 Å². The molecule has 1 heterocycles. The van der Waals surface area contributed by atoms with E-state index in [0.717, 1.165) is 13.1 Å². The van der Waals surface area contributed by atoms with E-state index in [0.29, 0.717) is 12.0 Å². The first-order valence-electron chi connectivity index (χ1n) is 4.93. The predicted octanol–water partition coefficient (Wildman–Crippen LogP) is 1.53. The van der Waals surface area contributed by atoms with E-state index in [9.17, 15) is 0 Å². The number of nitrogens with two attached hydrogens (primary N) is 1. The van der Waals surface area contributed by atoms with E-state index in [-0.39, 0.29) is 0 Å². The number of hydrogen-bond donors (Lipinski definition) is 2. The van der Waals surface area contributed by atoms with Crippen LogP contribution in [0.15, 0.2) is 12.2 Å². The van der Waals surface area contributed by atoms with Crippen molar-refractivity contribution in [3.05, 3.63) is 12.2 Å². The first kappa shape index (κ1) is 11.7. The van der Waals surface area contributed by atoms with Crippen molar-refractivity contribution < 1.29 is 0 Å². The molecular weight excluding hydrogens is 148 g/mol. The van der Waals surface area contributed by atoms with Crippen molar-refractivity contribution in [3.8, 4) is 0 Å². The van der Waals surface area contributed by atoms with E-state index < -0.39 is 0 Å². The maximum Gasteiger partial charge on any atom is 0.0229 e. The number of hydrogen-bond acceptors (Lipinski definition) is 2. The number of nitrogens with one attached hydrogen (secondary N) is 1.